The molecule has 0 unspecified atom stereocenters. The summed E-state index contributed by atoms with van der Waals surface area (Å²) < 4.78 is 15.7. The maximum absolute atomic E-state index is 12.0. The molecule has 0 saturated heterocycles. The van der Waals surface area contributed by atoms with E-state index in [0.29, 0.717) is 24.2 Å². The highest BCUT2D eigenvalue weighted by Gasteiger charge is 2.21. The molecule has 0 atom stereocenters. The van der Waals surface area contributed by atoms with Gasteiger partial charge in [-0.3, -0.25) is 4.79 Å². The number of phenols is 2. The van der Waals surface area contributed by atoms with Gasteiger partial charge in [0.25, 0.3) is 0 Å². The molecule has 1 rings (SSSR count). The minimum atomic E-state index is -0.129. The molecule has 6 heteroatoms. The van der Waals surface area contributed by atoms with Crippen LogP contribution in [0.15, 0.2) is 41.0 Å². The summed E-state index contributed by atoms with van der Waals surface area (Å²) in [7, 11) is 2.85. The van der Waals surface area contributed by atoms with Crippen molar-refractivity contribution in [2.24, 2.45) is 0 Å². The average Bonchev–Trinajstić information content (AvgIpc) is 2.90. The molecule has 1 aromatic rings. The Morgan fingerprint density at radius 1 is 0.725 bits per heavy atom. The Bertz CT molecular complexity index is 1040. The minimum Gasteiger partial charge on any atom is -0.504 e. The number of phenolic OH excluding ortho intramolecular Hbond substituents is 2. The Kier molecular flexibility index (Phi) is 17.3. The van der Waals surface area contributed by atoms with Gasteiger partial charge in [0.1, 0.15) is 6.61 Å². The van der Waals surface area contributed by atoms with Crippen LogP contribution in [0.3, 0.4) is 0 Å². The lowest BCUT2D eigenvalue weighted by Crippen LogP contribution is -2.04. The Morgan fingerprint density at radius 3 is 1.95 bits per heavy atom. The molecule has 2 N–H and O–H groups in total. The van der Waals surface area contributed by atoms with Crippen LogP contribution >= 0.6 is 0 Å². The number of ether oxygens (including phenoxy) is 3. The SMILES string of the molecule is COc1c(O)c(C)c(C=CCCCCCCCC(=O)OCC=C(C)CCC=C(C)CCC=C(C)C)c(O)c1OC. The highest BCUT2D eigenvalue weighted by Crippen LogP contribution is 2.48. The average molecular weight is 557 g/mol. The van der Waals surface area contributed by atoms with Gasteiger partial charge in [-0.1, -0.05) is 60.3 Å². The summed E-state index contributed by atoms with van der Waals surface area (Å²) in [6.45, 7) is 10.6. The number of allylic oxidation sites excluding steroid dienone is 6. The maximum Gasteiger partial charge on any atom is 0.306 e. The van der Waals surface area contributed by atoms with Gasteiger partial charge in [0, 0.05) is 17.5 Å². The van der Waals surface area contributed by atoms with Gasteiger partial charge in [-0.05, 0) is 85.6 Å². The van der Waals surface area contributed by atoms with Crippen molar-refractivity contribution >= 4 is 12.0 Å². The van der Waals surface area contributed by atoms with Gasteiger partial charge in [-0.2, -0.15) is 0 Å². The summed E-state index contributed by atoms with van der Waals surface area (Å²) in [5.41, 5.74) is 5.12. The third-order valence-corrected chi connectivity index (χ3v) is 6.89. The van der Waals surface area contributed by atoms with Crippen LogP contribution in [-0.2, 0) is 9.53 Å². The van der Waals surface area contributed by atoms with Crippen LogP contribution in [0.2, 0.25) is 0 Å². The van der Waals surface area contributed by atoms with E-state index < -0.39 is 0 Å². The van der Waals surface area contributed by atoms with Crippen molar-refractivity contribution in [2.75, 3.05) is 20.8 Å². The molecule has 40 heavy (non-hydrogen) atoms. The van der Waals surface area contributed by atoms with Crippen LogP contribution in [0.1, 0.15) is 109 Å². The van der Waals surface area contributed by atoms with Crippen LogP contribution in [0.25, 0.3) is 6.08 Å². The monoisotopic (exact) mass is 556 g/mol. The predicted octanol–water partition coefficient (Wildman–Crippen LogP) is 9.13. The first-order valence-electron chi connectivity index (χ1n) is 14.6. The zero-order valence-electron chi connectivity index (χ0n) is 25.9. The van der Waals surface area contributed by atoms with Gasteiger partial charge in [-0.25, -0.2) is 0 Å². The standard InChI is InChI=1S/C34H52O6/c1-25(2)17-15-18-26(3)19-16-20-27(4)23-24-40-30(35)22-14-12-10-8-9-11-13-21-29-28(5)31(36)33(38-6)34(39-7)32(29)37/h13,17,19,21,23,36-37H,8-12,14-16,18,20,22,24H2,1-7H3. The van der Waals surface area contributed by atoms with Gasteiger partial charge in [0.2, 0.25) is 11.5 Å². The van der Waals surface area contributed by atoms with Crippen molar-refractivity contribution in [2.45, 2.75) is 105 Å². The molecule has 0 radical (unpaired) electrons. The number of rotatable bonds is 19. The Hall–Kier alpha value is -3.15. The van der Waals surface area contributed by atoms with Crippen LogP contribution in [0.5, 0.6) is 23.0 Å². The predicted molar refractivity (Wildman–Crippen MR) is 165 cm³/mol. The summed E-state index contributed by atoms with van der Waals surface area (Å²) in [5, 5.41) is 20.9. The van der Waals surface area contributed by atoms with Gasteiger partial charge in [-0.15, -0.1) is 0 Å². The Labute approximate surface area is 242 Å². The van der Waals surface area contributed by atoms with E-state index in [1.54, 1.807) is 6.92 Å². The molecule has 224 valence electrons. The van der Waals surface area contributed by atoms with Crippen molar-refractivity contribution in [3.05, 3.63) is 52.2 Å². The fourth-order valence-corrected chi connectivity index (χ4v) is 4.35. The van der Waals surface area contributed by atoms with E-state index in [-0.39, 0.29) is 29.0 Å². The van der Waals surface area contributed by atoms with Gasteiger partial charge < -0.3 is 24.4 Å². The van der Waals surface area contributed by atoms with E-state index in [2.05, 4.69) is 39.8 Å². The summed E-state index contributed by atoms with van der Waals surface area (Å²) in [4.78, 5) is 12.0. The highest BCUT2D eigenvalue weighted by atomic mass is 16.5. The normalized spacial score (nSPS) is 12.1. The zero-order chi connectivity index (χ0) is 29.9. The third kappa shape index (κ3) is 13.3. The lowest BCUT2D eigenvalue weighted by molar-refractivity contribution is -0.142. The lowest BCUT2D eigenvalue weighted by Gasteiger charge is -2.16. The van der Waals surface area contributed by atoms with E-state index in [1.807, 2.05) is 18.2 Å². The summed E-state index contributed by atoms with van der Waals surface area (Å²) in [6.07, 6.45) is 20.9. The zero-order valence-corrected chi connectivity index (χ0v) is 25.9. The van der Waals surface area contributed by atoms with Crippen molar-refractivity contribution in [3.63, 3.8) is 0 Å². The topological polar surface area (TPSA) is 85.2 Å². The first kappa shape index (κ1) is 34.9. The van der Waals surface area contributed by atoms with Crippen LogP contribution in [0, 0.1) is 6.92 Å². The largest absolute Gasteiger partial charge is 0.504 e. The highest BCUT2D eigenvalue weighted by molar-refractivity contribution is 5.74. The summed E-state index contributed by atoms with van der Waals surface area (Å²) in [6, 6.07) is 0. The summed E-state index contributed by atoms with van der Waals surface area (Å²) in [5.74, 6) is 0.0437. The first-order valence-corrected chi connectivity index (χ1v) is 14.6. The van der Waals surface area contributed by atoms with Gasteiger partial charge in [0.15, 0.2) is 11.5 Å². The fourth-order valence-electron chi connectivity index (χ4n) is 4.35. The molecule has 0 bridgehead atoms. The molecule has 0 aliphatic rings. The molecule has 6 nitrogen and oxygen atoms in total. The van der Waals surface area contributed by atoms with Crippen molar-refractivity contribution in [1.82, 2.24) is 0 Å². The molecule has 0 spiro atoms. The van der Waals surface area contributed by atoms with E-state index in [9.17, 15) is 15.0 Å². The lowest BCUT2D eigenvalue weighted by atomic mass is 10.0. The Balaban J connectivity index is 2.21. The number of carbonyl (C=O) groups excluding carboxylic acids is 1. The first-order chi connectivity index (χ1) is 19.1. The molecule has 0 aromatic heterocycles. The van der Waals surface area contributed by atoms with Crippen LogP contribution < -0.4 is 9.47 Å². The molecular formula is C34H52O6. The van der Waals surface area contributed by atoms with Gasteiger partial charge in [0.05, 0.1) is 14.2 Å². The molecule has 0 aliphatic carbocycles. The number of methoxy groups -OCH3 is 2. The van der Waals surface area contributed by atoms with Crippen molar-refractivity contribution in [1.29, 1.82) is 0 Å². The number of hydrogen-bond donors (Lipinski definition) is 2. The second-order valence-electron chi connectivity index (χ2n) is 10.7. The number of aromatic hydroxyl groups is 2. The number of benzene rings is 1. The van der Waals surface area contributed by atoms with E-state index in [0.717, 1.165) is 64.2 Å². The summed E-state index contributed by atoms with van der Waals surface area (Å²) >= 11 is 0. The number of unbranched alkanes of at least 4 members (excludes halogenated alkanes) is 5. The maximum atomic E-state index is 12.0. The smallest absolute Gasteiger partial charge is 0.306 e. The third-order valence-electron chi connectivity index (χ3n) is 6.89. The molecule has 0 aliphatic heterocycles. The number of carbonyl (C=O) groups is 1. The molecule has 0 fully saturated rings. The van der Waals surface area contributed by atoms with Crippen molar-refractivity contribution < 1.29 is 29.2 Å². The quantitative estimate of drug-likeness (QED) is 0.0765. The van der Waals surface area contributed by atoms with E-state index >= 15 is 0 Å². The molecular weight excluding hydrogens is 504 g/mol. The van der Waals surface area contributed by atoms with E-state index in [4.69, 9.17) is 14.2 Å². The fraction of sp³-hybridized carbons (Fsp3) is 0.559. The number of hydrogen-bond acceptors (Lipinski definition) is 6. The molecule has 0 heterocycles. The number of esters is 1. The minimum absolute atomic E-state index is 0.0364. The molecule has 0 amide bonds. The molecule has 0 saturated carbocycles. The van der Waals surface area contributed by atoms with Crippen molar-refractivity contribution in [3.8, 4) is 23.0 Å². The molecule has 1 aromatic carbocycles. The second-order valence-corrected chi connectivity index (χ2v) is 10.7. The van der Waals surface area contributed by atoms with E-state index in [1.165, 1.54) is 30.9 Å². The second kappa shape index (κ2) is 19.8. The Morgan fingerprint density at radius 2 is 1.30 bits per heavy atom. The van der Waals surface area contributed by atoms with Crippen LogP contribution in [0.4, 0.5) is 0 Å². The van der Waals surface area contributed by atoms with Gasteiger partial charge >= 0.3 is 5.97 Å². The van der Waals surface area contributed by atoms with Crippen LogP contribution in [-0.4, -0.2) is 37.0 Å².